The Kier molecular flexibility index (Phi) is 4.88. The smallest absolute Gasteiger partial charge is 0.327 e. The Balaban J connectivity index is 2.22. The lowest BCUT2D eigenvalue weighted by molar-refractivity contribution is -0.145. The highest BCUT2D eigenvalue weighted by Gasteiger charge is 2.55. The summed E-state index contributed by atoms with van der Waals surface area (Å²) in [6, 6.07) is 12.2. The lowest BCUT2D eigenvalue weighted by Gasteiger charge is -2.36. The molecule has 1 aliphatic carbocycles. The second-order valence-corrected chi connectivity index (χ2v) is 9.21. The summed E-state index contributed by atoms with van der Waals surface area (Å²) < 4.78 is 30.4. The summed E-state index contributed by atoms with van der Waals surface area (Å²) in [6.45, 7) is 1.40. The monoisotopic (exact) mass is 374 g/mol. The number of esters is 1. The van der Waals surface area contributed by atoms with Crippen molar-refractivity contribution in [3.05, 3.63) is 42.5 Å². The molecule has 6 heteroatoms. The number of Topliss-reactive ketones (excluding diaryl/α,β-unsaturated/α-hetero) is 1. The van der Waals surface area contributed by atoms with E-state index in [9.17, 15) is 18.0 Å². The SMILES string of the molecule is COC(=O)C(C)(C1CCCC(=O)C1)S(=O)(=O)c1cccc2ccccc12. The first-order valence-electron chi connectivity index (χ1n) is 8.65. The van der Waals surface area contributed by atoms with Gasteiger partial charge in [0.05, 0.1) is 12.0 Å². The van der Waals surface area contributed by atoms with E-state index < -0.39 is 26.5 Å². The first-order chi connectivity index (χ1) is 12.3. The summed E-state index contributed by atoms with van der Waals surface area (Å²) in [5, 5.41) is 1.34. The van der Waals surface area contributed by atoms with E-state index in [1.54, 1.807) is 18.2 Å². The topological polar surface area (TPSA) is 77.5 Å². The van der Waals surface area contributed by atoms with Gasteiger partial charge in [-0.3, -0.25) is 9.59 Å². The van der Waals surface area contributed by atoms with Gasteiger partial charge in [0.1, 0.15) is 5.78 Å². The van der Waals surface area contributed by atoms with Crippen LogP contribution in [0.15, 0.2) is 47.4 Å². The van der Waals surface area contributed by atoms with Crippen LogP contribution in [0.2, 0.25) is 0 Å². The van der Waals surface area contributed by atoms with Gasteiger partial charge in [0.25, 0.3) is 0 Å². The van der Waals surface area contributed by atoms with Crippen LogP contribution in [-0.2, 0) is 24.2 Å². The van der Waals surface area contributed by atoms with Gasteiger partial charge in [0.2, 0.25) is 0 Å². The molecule has 26 heavy (non-hydrogen) atoms. The van der Waals surface area contributed by atoms with Gasteiger partial charge in [-0.15, -0.1) is 0 Å². The average molecular weight is 374 g/mol. The lowest BCUT2D eigenvalue weighted by atomic mass is 9.79. The number of fused-ring (bicyclic) bond motifs is 1. The van der Waals surface area contributed by atoms with Crippen LogP contribution in [0, 0.1) is 5.92 Å². The molecule has 0 N–H and O–H groups in total. The maximum Gasteiger partial charge on any atom is 0.327 e. The van der Waals surface area contributed by atoms with Crippen molar-refractivity contribution in [1.82, 2.24) is 0 Å². The standard InChI is InChI=1S/C20H22O5S/c1-20(19(22)25-2,15-9-6-10-16(21)13-15)26(23,24)18-12-5-8-14-7-3-4-11-17(14)18/h3-5,7-8,11-12,15H,6,9-10,13H2,1-2H3. The Bertz CT molecular complexity index is 958. The summed E-state index contributed by atoms with van der Waals surface area (Å²) in [5.74, 6) is -1.42. The molecule has 0 heterocycles. The molecule has 0 saturated heterocycles. The summed E-state index contributed by atoms with van der Waals surface area (Å²) in [4.78, 5) is 24.7. The van der Waals surface area contributed by atoms with Crippen LogP contribution in [0.4, 0.5) is 0 Å². The van der Waals surface area contributed by atoms with Gasteiger partial charge >= 0.3 is 5.97 Å². The van der Waals surface area contributed by atoms with Crippen molar-refractivity contribution in [2.45, 2.75) is 42.2 Å². The van der Waals surface area contributed by atoms with E-state index in [1.165, 1.54) is 20.1 Å². The third-order valence-electron chi connectivity index (χ3n) is 5.45. The molecule has 0 radical (unpaired) electrons. The van der Waals surface area contributed by atoms with Crippen LogP contribution in [0.5, 0.6) is 0 Å². The van der Waals surface area contributed by atoms with Gasteiger partial charge in [-0.25, -0.2) is 8.42 Å². The van der Waals surface area contributed by atoms with Crippen LogP contribution in [0.1, 0.15) is 32.6 Å². The largest absolute Gasteiger partial charge is 0.468 e. The normalized spacial score (nSPS) is 20.5. The molecule has 1 fully saturated rings. The number of ether oxygens (including phenoxy) is 1. The van der Waals surface area contributed by atoms with Gasteiger partial charge in [0, 0.05) is 18.2 Å². The number of carbonyl (C=O) groups excluding carboxylic acids is 2. The van der Waals surface area contributed by atoms with Crippen molar-refractivity contribution < 1.29 is 22.7 Å². The Morgan fingerprint density at radius 1 is 1.15 bits per heavy atom. The third kappa shape index (κ3) is 2.82. The van der Waals surface area contributed by atoms with Crippen molar-refractivity contribution in [3.8, 4) is 0 Å². The molecular weight excluding hydrogens is 352 g/mol. The summed E-state index contributed by atoms with van der Waals surface area (Å²) in [6.07, 6.45) is 1.60. The summed E-state index contributed by atoms with van der Waals surface area (Å²) >= 11 is 0. The van der Waals surface area contributed by atoms with Crippen LogP contribution >= 0.6 is 0 Å². The number of methoxy groups -OCH3 is 1. The Hall–Kier alpha value is -2.21. The molecule has 2 atom stereocenters. The molecule has 2 aromatic rings. The fourth-order valence-corrected chi connectivity index (χ4v) is 5.98. The molecule has 1 aliphatic rings. The van der Waals surface area contributed by atoms with E-state index in [-0.39, 0.29) is 17.1 Å². The maximum absolute atomic E-state index is 13.7. The van der Waals surface area contributed by atoms with Crippen LogP contribution in [0.25, 0.3) is 10.8 Å². The molecule has 5 nitrogen and oxygen atoms in total. The van der Waals surface area contributed by atoms with E-state index in [1.807, 2.05) is 18.2 Å². The van der Waals surface area contributed by atoms with E-state index in [2.05, 4.69) is 0 Å². The van der Waals surface area contributed by atoms with Crippen LogP contribution in [-0.4, -0.2) is 32.0 Å². The average Bonchev–Trinajstić information content (AvgIpc) is 2.66. The van der Waals surface area contributed by atoms with Gasteiger partial charge in [-0.05, 0) is 37.1 Å². The van der Waals surface area contributed by atoms with Gasteiger partial charge in [-0.2, -0.15) is 0 Å². The first kappa shape index (κ1) is 18.6. The molecule has 0 amide bonds. The second kappa shape index (κ2) is 6.83. The predicted octanol–water partition coefficient (Wildman–Crippen LogP) is 3.30. The Morgan fingerprint density at radius 3 is 2.54 bits per heavy atom. The molecule has 3 rings (SSSR count). The van der Waals surface area contributed by atoms with E-state index in [0.29, 0.717) is 24.6 Å². The minimum absolute atomic E-state index is 0.00972. The van der Waals surface area contributed by atoms with Gasteiger partial charge in [-0.1, -0.05) is 36.4 Å². The van der Waals surface area contributed by atoms with Crippen molar-refractivity contribution >= 4 is 32.4 Å². The number of hydrogen-bond donors (Lipinski definition) is 0. The molecule has 138 valence electrons. The number of rotatable bonds is 4. The Labute approximate surface area is 153 Å². The summed E-state index contributed by atoms with van der Waals surface area (Å²) in [5.41, 5.74) is 0. The van der Waals surface area contributed by atoms with Gasteiger partial charge in [0.15, 0.2) is 14.6 Å². The quantitative estimate of drug-likeness (QED) is 0.768. The number of carbonyl (C=O) groups is 2. The molecular formula is C20H22O5S. The molecule has 0 bridgehead atoms. The number of benzene rings is 2. The van der Waals surface area contributed by atoms with Crippen LogP contribution in [0.3, 0.4) is 0 Å². The lowest BCUT2D eigenvalue weighted by Crippen LogP contribution is -2.52. The molecule has 1 saturated carbocycles. The zero-order valence-electron chi connectivity index (χ0n) is 14.9. The minimum atomic E-state index is -4.09. The van der Waals surface area contributed by atoms with Gasteiger partial charge < -0.3 is 4.74 Å². The molecule has 0 aliphatic heterocycles. The van der Waals surface area contributed by atoms with Crippen LogP contribution < -0.4 is 0 Å². The predicted molar refractivity (Wildman–Crippen MR) is 98.5 cm³/mol. The molecule has 2 unspecified atom stereocenters. The maximum atomic E-state index is 13.7. The molecule has 0 aromatic heterocycles. The molecule has 0 spiro atoms. The zero-order chi connectivity index (χ0) is 18.9. The third-order valence-corrected chi connectivity index (χ3v) is 8.00. The molecule has 2 aromatic carbocycles. The van der Waals surface area contributed by atoms with E-state index in [4.69, 9.17) is 4.74 Å². The minimum Gasteiger partial charge on any atom is -0.468 e. The second-order valence-electron chi connectivity index (χ2n) is 6.91. The van der Waals surface area contributed by atoms with Crippen molar-refractivity contribution in [3.63, 3.8) is 0 Å². The van der Waals surface area contributed by atoms with Crippen molar-refractivity contribution in [1.29, 1.82) is 0 Å². The van der Waals surface area contributed by atoms with Crippen molar-refractivity contribution in [2.24, 2.45) is 5.92 Å². The fraction of sp³-hybridized carbons (Fsp3) is 0.400. The number of hydrogen-bond acceptors (Lipinski definition) is 5. The summed E-state index contributed by atoms with van der Waals surface area (Å²) in [7, 11) is -2.90. The first-order valence-corrected chi connectivity index (χ1v) is 10.1. The highest BCUT2D eigenvalue weighted by atomic mass is 32.2. The zero-order valence-corrected chi connectivity index (χ0v) is 15.7. The van der Waals surface area contributed by atoms with Crippen molar-refractivity contribution in [2.75, 3.05) is 7.11 Å². The Morgan fingerprint density at radius 2 is 1.85 bits per heavy atom. The van der Waals surface area contributed by atoms with E-state index in [0.717, 1.165) is 5.39 Å². The fourth-order valence-electron chi connectivity index (χ4n) is 3.85. The number of sulfone groups is 1. The van der Waals surface area contributed by atoms with E-state index >= 15 is 0 Å². The highest BCUT2D eigenvalue weighted by molar-refractivity contribution is 7.93. The number of ketones is 1. The highest BCUT2D eigenvalue weighted by Crippen LogP contribution is 2.42.